The maximum absolute atomic E-state index is 13.0. The number of hydrogen-bond donors (Lipinski definition) is 0. The van der Waals surface area contributed by atoms with Crippen LogP contribution >= 0.6 is 11.6 Å². The van der Waals surface area contributed by atoms with Gasteiger partial charge in [-0.2, -0.15) is 10.5 Å². The van der Waals surface area contributed by atoms with E-state index in [1.165, 1.54) is 12.1 Å². The first-order chi connectivity index (χ1) is 10.6. The van der Waals surface area contributed by atoms with Gasteiger partial charge in [0.2, 0.25) is 0 Å². The fraction of sp³-hybridized carbons (Fsp3) is 0.176. The lowest BCUT2D eigenvalue weighted by atomic mass is 9.88. The second kappa shape index (κ2) is 7.45. The molecule has 0 radical (unpaired) electrons. The Morgan fingerprint density at radius 3 is 2.14 bits per heavy atom. The molecule has 22 heavy (non-hydrogen) atoms. The van der Waals surface area contributed by atoms with Crippen LogP contribution in [0.15, 0.2) is 48.5 Å². The van der Waals surface area contributed by atoms with Crippen LogP contribution in [0.1, 0.15) is 11.5 Å². The second-order valence-corrected chi connectivity index (χ2v) is 5.10. The molecule has 2 aromatic carbocycles. The molecule has 0 bridgehead atoms. The van der Waals surface area contributed by atoms with E-state index in [-0.39, 0.29) is 12.4 Å². The minimum Gasteiger partial charge on any atom is -0.493 e. The standard InChI is InChI=1S/C17H12ClFN2O/c18-14-3-7-16(8-4-14)22-11-17(13(9-20)10-21)12-1-5-15(19)6-2-12/h1-8,13,17H,11H2/t17-/m0/s1. The Bertz CT molecular complexity index is 687. The lowest BCUT2D eigenvalue weighted by Crippen LogP contribution is -2.18. The molecule has 0 amide bonds. The van der Waals surface area contributed by atoms with Crippen molar-refractivity contribution in [2.45, 2.75) is 5.92 Å². The van der Waals surface area contributed by atoms with Crippen molar-refractivity contribution in [3.8, 4) is 17.9 Å². The molecule has 0 N–H and O–H groups in total. The van der Waals surface area contributed by atoms with Gasteiger partial charge in [-0.3, -0.25) is 0 Å². The van der Waals surface area contributed by atoms with Crippen molar-refractivity contribution in [2.24, 2.45) is 5.92 Å². The number of nitriles is 2. The molecule has 0 aliphatic heterocycles. The number of halogens is 2. The van der Waals surface area contributed by atoms with E-state index in [4.69, 9.17) is 26.9 Å². The van der Waals surface area contributed by atoms with Crippen LogP contribution in [0, 0.1) is 34.4 Å². The molecular formula is C17H12ClFN2O. The Kier molecular flexibility index (Phi) is 5.36. The topological polar surface area (TPSA) is 56.8 Å². The van der Waals surface area contributed by atoms with Crippen LogP contribution in [0.4, 0.5) is 4.39 Å². The predicted octanol–water partition coefficient (Wildman–Crippen LogP) is 4.31. The predicted molar refractivity (Wildman–Crippen MR) is 80.8 cm³/mol. The summed E-state index contributed by atoms with van der Waals surface area (Å²) in [5.41, 5.74) is 0.684. The van der Waals surface area contributed by atoms with E-state index in [1.807, 2.05) is 12.1 Å². The zero-order valence-corrected chi connectivity index (χ0v) is 12.3. The summed E-state index contributed by atoms with van der Waals surface area (Å²) >= 11 is 5.80. The molecule has 0 aromatic heterocycles. The summed E-state index contributed by atoms with van der Waals surface area (Å²) in [4.78, 5) is 0. The van der Waals surface area contributed by atoms with Gasteiger partial charge in [-0.1, -0.05) is 23.7 Å². The maximum Gasteiger partial charge on any atom is 0.143 e. The third kappa shape index (κ3) is 3.97. The molecule has 2 rings (SSSR count). The van der Waals surface area contributed by atoms with Gasteiger partial charge in [0.15, 0.2) is 0 Å². The Balaban J connectivity index is 2.18. The first-order valence-corrected chi connectivity index (χ1v) is 6.95. The van der Waals surface area contributed by atoms with Crippen molar-refractivity contribution in [2.75, 3.05) is 6.61 Å². The Morgan fingerprint density at radius 1 is 1.00 bits per heavy atom. The molecule has 0 spiro atoms. The number of ether oxygens (including phenoxy) is 1. The molecule has 5 heteroatoms. The minimum absolute atomic E-state index is 0.138. The van der Waals surface area contributed by atoms with E-state index in [0.717, 1.165) is 0 Å². The van der Waals surface area contributed by atoms with Crippen LogP contribution in [0.3, 0.4) is 0 Å². The normalized spacial score (nSPS) is 11.5. The van der Waals surface area contributed by atoms with Crippen LogP contribution in [0.25, 0.3) is 0 Å². The van der Waals surface area contributed by atoms with Gasteiger partial charge < -0.3 is 4.74 Å². The van der Waals surface area contributed by atoms with Crippen molar-refractivity contribution >= 4 is 11.6 Å². The quantitative estimate of drug-likeness (QED) is 0.826. The lowest BCUT2D eigenvalue weighted by molar-refractivity contribution is 0.276. The van der Waals surface area contributed by atoms with E-state index >= 15 is 0 Å². The SMILES string of the molecule is N#CC(C#N)[C@@H](COc1ccc(Cl)cc1)c1ccc(F)cc1. The van der Waals surface area contributed by atoms with Gasteiger partial charge in [0.25, 0.3) is 0 Å². The average Bonchev–Trinajstić information content (AvgIpc) is 2.54. The molecule has 1 atom stereocenters. The summed E-state index contributed by atoms with van der Waals surface area (Å²) in [7, 11) is 0. The summed E-state index contributed by atoms with van der Waals surface area (Å²) in [6, 6.07) is 16.4. The molecule has 0 saturated carbocycles. The number of nitrogens with zero attached hydrogens (tertiary/aromatic N) is 2. The molecule has 0 aliphatic rings. The highest BCUT2D eigenvalue weighted by atomic mass is 35.5. The van der Waals surface area contributed by atoms with Crippen LogP contribution in [0.2, 0.25) is 5.02 Å². The summed E-state index contributed by atoms with van der Waals surface area (Å²) < 4.78 is 18.7. The average molecular weight is 315 g/mol. The Morgan fingerprint density at radius 2 is 1.59 bits per heavy atom. The van der Waals surface area contributed by atoms with Crippen molar-refractivity contribution in [1.82, 2.24) is 0 Å². The fourth-order valence-corrected chi connectivity index (χ4v) is 2.15. The molecule has 110 valence electrons. The maximum atomic E-state index is 13.0. The zero-order valence-electron chi connectivity index (χ0n) is 11.5. The first-order valence-electron chi connectivity index (χ1n) is 6.57. The molecular weight excluding hydrogens is 303 g/mol. The van der Waals surface area contributed by atoms with Gasteiger partial charge in [-0.25, -0.2) is 4.39 Å². The van der Waals surface area contributed by atoms with Gasteiger partial charge >= 0.3 is 0 Å². The monoisotopic (exact) mass is 314 g/mol. The summed E-state index contributed by atoms with van der Waals surface area (Å²) in [6.45, 7) is 0.138. The van der Waals surface area contributed by atoms with Gasteiger partial charge in [-0.15, -0.1) is 0 Å². The highest BCUT2D eigenvalue weighted by molar-refractivity contribution is 6.30. The third-order valence-electron chi connectivity index (χ3n) is 3.22. The first kappa shape index (κ1) is 15.8. The molecule has 2 aromatic rings. The lowest BCUT2D eigenvalue weighted by Gasteiger charge is -2.18. The fourth-order valence-electron chi connectivity index (χ4n) is 2.02. The van der Waals surface area contributed by atoms with Gasteiger partial charge in [0.05, 0.1) is 18.7 Å². The third-order valence-corrected chi connectivity index (χ3v) is 3.47. The highest BCUT2D eigenvalue weighted by Gasteiger charge is 2.24. The van der Waals surface area contributed by atoms with Crippen LogP contribution in [0.5, 0.6) is 5.75 Å². The summed E-state index contributed by atoms with van der Waals surface area (Å²) in [5, 5.41) is 18.8. The van der Waals surface area contributed by atoms with Crippen LogP contribution in [-0.4, -0.2) is 6.61 Å². The summed E-state index contributed by atoms with van der Waals surface area (Å²) in [6.07, 6.45) is 0. The second-order valence-electron chi connectivity index (χ2n) is 4.66. The number of rotatable bonds is 5. The molecule has 3 nitrogen and oxygen atoms in total. The largest absolute Gasteiger partial charge is 0.493 e. The van der Waals surface area contributed by atoms with E-state index in [2.05, 4.69) is 0 Å². The molecule has 0 fully saturated rings. The number of benzene rings is 2. The molecule has 0 heterocycles. The van der Waals surface area contributed by atoms with E-state index in [0.29, 0.717) is 16.3 Å². The van der Waals surface area contributed by atoms with Crippen LogP contribution in [-0.2, 0) is 0 Å². The minimum atomic E-state index is -0.877. The zero-order chi connectivity index (χ0) is 15.9. The Hall–Kier alpha value is -2.56. The van der Waals surface area contributed by atoms with Crippen LogP contribution < -0.4 is 4.74 Å². The van der Waals surface area contributed by atoms with Crippen molar-refractivity contribution in [3.63, 3.8) is 0 Å². The Labute approximate surface area is 133 Å². The van der Waals surface area contributed by atoms with Gasteiger partial charge in [-0.05, 0) is 42.0 Å². The van der Waals surface area contributed by atoms with Gasteiger partial charge in [0.1, 0.15) is 17.5 Å². The van der Waals surface area contributed by atoms with Crippen molar-refractivity contribution < 1.29 is 9.13 Å². The summed E-state index contributed by atoms with van der Waals surface area (Å²) in [5.74, 6) is -1.12. The van der Waals surface area contributed by atoms with Gasteiger partial charge in [0, 0.05) is 10.9 Å². The van der Waals surface area contributed by atoms with E-state index < -0.39 is 11.8 Å². The number of hydrogen-bond acceptors (Lipinski definition) is 3. The molecule has 0 unspecified atom stereocenters. The molecule has 0 aliphatic carbocycles. The van der Waals surface area contributed by atoms with E-state index in [9.17, 15) is 4.39 Å². The van der Waals surface area contributed by atoms with Crippen molar-refractivity contribution in [1.29, 1.82) is 10.5 Å². The highest BCUT2D eigenvalue weighted by Crippen LogP contribution is 2.26. The smallest absolute Gasteiger partial charge is 0.143 e. The van der Waals surface area contributed by atoms with Crippen molar-refractivity contribution in [3.05, 3.63) is 64.9 Å². The molecule has 0 saturated heterocycles. The van der Waals surface area contributed by atoms with E-state index in [1.54, 1.807) is 36.4 Å².